The fourth-order valence-corrected chi connectivity index (χ4v) is 4.88. The first kappa shape index (κ1) is 18.5. The maximum atomic E-state index is 13.0. The topological polar surface area (TPSA) is 126 Å². The van der Waals surface area contributed by atoms with Gasteiger partial charge in [-0.1, -0.05) is 0 Å². The zero-order chi connectivity index (χ0) is 19.7. The average molecular weight is 405 g/mol. The van der Waals surface area contributed by atoms with E-state index in [-0.39, 0.29) is 29.5 Å². The van der Waals surface area contributed by atoms with Crippen molar-refractivity contribution >= 4 is 27.0 Å². The molecule has 3 aromatic rings. The monoisotopic (exact) mass is 405 g/mol. The molecule has 1 amide bonds. The summed E-state index contributed by atoms with van der Waals surface area (Å²) in [5.41, 5.74) is 0.605. The number of rotatable bonds is 5. The van der Waals surface area contributed by atoms with Crippen LogP contribution in [0.2, 0.25) is 0 Å². The van der Waals surface area contributed by atoms with E-state index < -0.39 is 21.7 Å². The molecule has 1 atom stereocenters. The van der Waals surface area contributed by atoms with E-state index in [4.69, 9.17) is 8.83 Å². The van der Waals surface area contributed by atoms with Crippen molar-refractivity contribution in [2.24, 2.45) is 5.92 Å². The molecule has 2 N–H and O–H groups in total. The molecule has 0 unspecified atom stereocenters. The fraction of sp³-hybridized carbons (Fsp3) is 0.333. The largest absolute Gasteiger partial charge is 0.467 e. The molecule has 1 saturated heterocycles. The smallest absolute Gasteiger partial charge is 0.417 e. The van der Waals surface area contributed by atoms with Gasteiger partial charge in [-0.3, -0.25) is 9.78 Å². The minimum absolute atomic E-state index is 0.0272. The van der Waals surface area contributed by atoms with Gasteiger partial charge in [0.2, 0.25) is 15.9 Å². The van der Waals surface area contributed by atoms with Gasteiger partial charge in [0, 0.05) is 19.2 Å². The van der Waals surface area contributed by atoms with E-state index in [1.807, 2.05) is 0 Å². The maximum absolute atomic E-state index is 13.0. The summed E-state index contributed by atoms with van der Waals surface area (Å²) >= 11 is 0. The Bertz CT molecular complexity index is 1150. The number of piperidine rings is 1. The normalized spacial score (nSPS) is 18.4. The number of nitrogens with zero attached hydrogens (tertiary/aromatic N) is 1. The highest BCUT2D eigenvalue weighted by molar-refractivity contribution is 7.89. The number of carbonyl (C=O) groups is 1. The van der Waals surface area contributed by atoms with Crippen molar-refractivity contribution in [2.75, 3.05) is 13.1 Å². The predicted molar refractivity (Wildman–Crippen MR) is 98.9 cm³/mol. The molecule has 0 bridgehead atoms. The fourth-order valence-electron chi connectivity index (χ4n) is 3.34. The van der Waals surface area contributed by atoms with E-state index in [0.29, 0.717) is 30.7 Å². The number of H-pyrrole nitrogens is 1. The Balaban J connectivity index is 1.49. The molecule has 1 aromatic carbocycles. The predicted octanol–water partition coefficient (Wildman–Crippen LogP) is 1.43. The quantitative estimate of drug-likeness (QED) is 0.661. The van der Waals surface area contributed by atoms with E-state index >= 15 is 0 Å². The van der Waals surface area contributed by atoms with Gasteiger partial charge in [-0.2, -0.15) is 4.31 Å². The number of carbonyl (C=O) groups excluding carboxylic acids is 1. The Morgan fingerprint density at radius 2 is 2.18 bits per heavy atom. The van der Waals surface area contributed by atoms with Crippen LogP contribution in [-0.2, 0) is 21.4 Å². The van der Waals surface area contributed by atoms with Gasteiger partial charge in [-0.15, -0.1) is 0 Å². The molecule has 4 rings (SSSR count). The summed E-state index contributed by atoms with van der Waals surface area (Å²) in [6.07, 6.45) is 2.72. The molecule has 1 fully saturated rings. The number of furan rings is 1. The van der Waals surface area contributed by atoms with Gasteiger partial charge in [0.25, 0.3) is 0 Å². The lowest BCUT2D eigenvalue weighted by Crippen LogP contribution is -2.45. The second kappa shape index (κ2) is 7.28. The van der Waals surface area contributed by atoms with Crippen molar-refractivity contribution in [2.45, 2.75) is 24.3 Å². The van der Waals surface area contributed by atoms with Crippen LogP contribution < -0.4 is 11.1 Å². The summed E-state index contributed by atoms with van der Waals surface area (Å²) < 4.78 is 37.4. The molecule has 10 heteroatoms. The zero-order valence-corrected chi connectivity index (χ0v) is 15.7. The number of hydrogen-bond acceptors (Lipinski definition) is 6. The number of hydrogen-bond donors (Lipinski definition) is 2. The Kier molecular flexibility index (Phi) is 4.82. The first-order valence-electron chi connectivity index (χ1n) is 8.86. The molecular weight excluding hydrogens is 386 g/mol. The van der Waals surface area contributed by atoms with Crippen LogP contribution in [0, 0.1) is 5.92 Å². The standard InChI is InChI=1S/C18H19N3O6S/c22-17(19-10-13-4-2-8-26-13)12-3-1-7-21(11-12)28(24,25)14-5-6-15-16(9-14)27-18(23)20-15/h2,4-6,8-9,12H,1,3,7,10-11H2,(H,19,22)(H,20,23)/t12-/m1/s1. The molecule has 28 heavy (non-hydrogen) atoms. The summed E-state index contributed by atoms with van der Waals surface area (Å²) in [4.78, 5) is 26.2. The van der Waals surface area contributed by atoms with Crippen LogP contribution in [0.4, 0.5) is 0 Å². The molecule has 2 aromatic heterocycles. The minimum Gasteiger partial charge on any atom is -0.467 e. The third-order valence-corrected chi connectivity index (χ3v) is 6.66. The number of amides is 1. The van der Waals surface area contributed by atoms with Gasteiger partial charge in [-0.05, 0) is 37.1 Å². The van der Waals surface area contributed by atoms with Crippen LogP contribution in [0.1, 0.15) is 18.6 Å². The number of sulfonamides is 1. The van der Waals surface area contributed by atoms with Crippen LogP contribution in [-0.4, -0.2) is 36.7 Å². The molecule has 148 valence electrons. The molecule has 1 aliphatic heterocycles. The van der Waals surface area contributed by atoms with Gasteiger partial charge in [-0.25, -0.2) is 13.2 Å². The van der Waals surface area contributed by atoms with Crippen LogP contribution in [0.5, 0.6) is 0 Å². The Hall–Kier alpha value is -2.85. The van der Waals surface area contributed by atoms with E-state index in [9.17, 15) is 18.0 Å². The van der Waals surface area contributed by atoms with Crippen molar-refractivity contribution in [1.29, 1.82) is 0 Å². The van der Waals surface area contributed by atoms with Gasteiger partial charge >= 0.3 is 5.76 Å². The molecule has 3 heterocycles. The SMILES string of the molecule is O=C(NCc1ccco1)[C@@H]1CCCN(S(=O)(=O)c2ccc3[nH]c(=O)oc3c2)C1. The van der Waals surface area contributed by atoms with Gasteiger partial charge in [0.05, 0.1) is 29.1 Å². The number of aromatic nitrogens is 1. The van der Waals surface area contributed by atoms with E-state index in [0.717, 1.165) is 0 Å². The lowest BCUT2D eigenvalue weighted by molar-refractivity contribution is -0.126. The lowest BCUT2D eigenvalue weighted by atomic mass is 9.99. The minimum atomic E-state index is -3.81. The molecule has 0 saturated carbocycles. The number of nitrogens with one attached hydrogen (secondary N) is 2. The van der Waals surface area contributed by atoms with Gasteiger partial charge in [0.1, 0.15) is 5.76 Å². The first-order chi connectivity index (χ1) is 13.4. The summed E-state index contributed by atoms with van der Waals surface area (Å²) in [7, 11) is -3.81. The van der Waals surface area contributed by atoms with Crippen molar-refractivity contribution in [1.82, 2.24) is 14.6 Å². The summed E-state index contributed by atoms with van der Waals surface area (Å²) in [5, 5.41) is 2.79. The number of aromatic amines is 1. The van der Waals surface area contributed by atoms with Crippen LogP contribution in [0.3, 0.4) is 0 Å². The Morgan fingerprint density at radius 1 is 1.32 bits per heavy atom. The Labute approximate surface area is 160 Å². The second-order valence-electron chi connectivity index (χ2n) is 6.67. The average Bonchev–Trinajstić information content (AvgIpc) is 3.33. The van der Waals surface area contributed by atoms with Crippen LogP contribution >= 0.6 is 0 Å². The highest BCUT2D eigenvalue weighted by Gasteiger charge is 2.33. The molecule has 9 nitrogen and oxygen atoms in total. The first-order valence-corrected chi connectivity index (χ1v) is 10.3. The van der Waals surface area contributed by atoms with Crippen molar-refractivity contribution in [3.05, 3.63) is 52.9 Å². The third-order valence-electron chi connectivity index (χ3n) is 4.80. The Morgan fingerprint density at radius 3 is 2.96 bits per heavy atom. The maximum Gasteiger partial charge on any atom is 0.417 e. The third kappa shape index (κ3) is 3.60. The molecule has 0 radical (unpaired) electrons. The summed E-state index contributed by atoms with van der Waals surface area (Å²) in [5.74, 6) is -0.651. The van der Waals surface area contributed by atoms with E-state index in [1.165, 1.54) is 28.8 Å². The van der Waals surface area contributed by atoms with E-state index in [1.54, 1.807) is 12.1 Å². The highest BCUT2D eigenvalue weighted by Crippen LogP contribution is 2.25. The van der Waals surface area contributed by atoms with Crippen molar-refractivity contribution in [3.63, 3.8) is 0 Å². The lowest BCUT2D eigenvalue weighted by Gasteiger charge is -2.31. The molecule has 1 aliphatic rings. The van der Waals surface area contributed by atoms with Crippen molar-refractivity contribution < 1.29 is 22.0 Å². The zero-order valence-electron chi connectivity index (χ0n) is 14.9. The van der Waals surface area contributed by atoms with Gasteiger partial charge < -0.3 is 14.2 Å². The number of fused-ring (bicyclic) bond motifs is 1. The van der Waals surface area contributed by atoms with Gasteiger partial charge in [0.15, 0.2) is 5.58 Å². The number of oxazole rings is 1. The second-order valence-corrected chi connectivity index (χ2v) is 8.61. The van der Waals surface area contributed by atoms with Crippen LogP contribution in [0.25, 0.3) is 11.1 Å². The summed E-state index contributed by atoms with van der Waals surface area (Å²) in [6, 6.07) is 7.73. The highest BCUT2D eigenvalue weighted by atomic mass is 32.2. The molecular formula is C18H19N3O6S. The number of benzene rings is 1. The van der Waals surface area contributed by atoms with Crippen molar-refractivity contribution in [3.8, 4) is 0 Å². The van der Waals surface area contributed by atoms with Crippen LogP contribution in [0.15, 0.2) is 55.1 Å². The van der Waals surface area contributed by atoms with E-state index in [2.05, 4.69) is 10.3 Å². The molecule has 0 spiro atoms. The summed E-state index contributed by atoms with van der Waals surface area (Å²) in [6.45, 7) is 0.694. The molecule has 0 aliphatic carbocycles.